The Morgan fingerprint density at radius 1 is 1.35 bits per heavy atom. The number of ether oxygens (including phenoxy) is 2. The average Bonchev–Trinajstić information content (AvgIpc) is 2.29. The van der Waals surface area contributed by atoms with Gasteiger partial charge in [-0.15, -0.1) is 0 Å². The number of aliphatic hydroxyl groups is 1. The maximum Gasteiger partial charge on any atom is 0.307 e. The van der Waals surface area contributed by atoms with Crippen LogP contribution in [0.25, 0.3) is 0 Å². The van der Waals surface area contributed by atoms with Gasteiger partial charge in [-0.2, -0.15) is 0 Å². The van der Waals surface area contributed by atoms with E-state index in [0.717, 1.165) is 0 Å². The Bertz CT molecular complexity index is 364. The highest BCUT2D eigenvalue weighted by Gasteiger charge is 2.16. The lowest BCUT2D eigenvalue weighted by Crippen LogP contribution is -2.22. The second-order valence-corrected chi connectivity index (χ2v) is 3.50. The van der Waals surface area contributed by atoms with Crippen LogP contribution in [0.3, 0.4) is 0 Å². The summed E-state index contributed by atoms with van der Waals surface area (Å²) >= 11 is 0. The fourth-order valence-corrected chi connectivity index (χ4v) is 1.44. The van der Waals surface area contributed by atoms with Crippen molar-refractivity contribution in [3.8, 4) is 11.5 Å². The van der Waals surface area contributed by atoms with Gasteiger partial charge in [0.1, 0.15) is 6.10 Å². The van der Waals surface area contributed by atoms with Gasteiger partial charge in [0.25, 0.3) is 0 Å². The van der Waals surface area contributed by atoms with Gasteiger partial charge in [0.2, 0.25) is 0 Å². The molecular formula is C12H16O5. The van der Waals surface area contributed by atoms with E-state index < -0.39 is 12.1 Å². The van der Waals surface area contributed by atoms with Gasteiger partial charge in [-0.3, -0.25) is 4.79 Å². The van der Waals surface area contributed by atoms with Crippen molar-refractivity contribution < 1.29 is 24.5 Å². The summed E-state index contributed by atoms with van der Waals surface area (Å²) in [6.07, 6.45) is -0.447. The Morgan fingerprint density at radius 2 is 2.00 bits per heavy atom. The van der Waals surface area contributed by atoms with Crippen LogP contribution in [-0.4, -0.2) is 36.0 Å². The van der Waals surface area contributed by atoms with E-state index in [1.807, 2.05) is 0 Å². The molecule has 0 amide bonds. The highest BCUT2D eigenvalue weighted by Crippen LogP contribution is 2.27. The third-order valence-electron chi connectivity index (χ3n) is 2.22. The molecule has 0 aliphatic rings. The molecule has 0 bridgehead atoms. The molecule has 1 unspecified atom stereocenters. The number of hydrogen-bond acceptors (Lipinski definition) is 4. The summed E-state index contributed by atoms with van der Waals surface area (Å²) in [5.41, 5.74) is 0. The summed E-state index contributed by atoms with van der Waals surface area (Å²) in [6.45, 7) is -0.118. The Balaban J connectivity index is 2.74. The molecule has 0 saturated heterocycles. The van der Waals surface area contributed by atoms with E-state index >= 15 is 0 Å². The van der Waals surface area contributed by atoms with E-state index in [1.165, 1.54) is 7.11 Å². The molecule has 1 rings (SSSR count). The van der Waals surface area contributed by atoms with Crippen molar-refractivity contribution >= 4 is 5.97 Å². The van der Waals surface area contributed by atoms with Gasteiger partial charge in [0, 0.05) is 13.0 Å². The molecule has 1 atom stereocenters. The third-order valence-corrected chi connectivity index (χ3v) is 2.22. The van der Waals surface area contributed by atoms with E-state index in [0.29, 0.717) is 11.5 Å². The van der Waals surface area contributed by atoms with Crippen LogP contribution < -0.4 is 9.47 Å². The minimum atomic E-state index is -0.960. The lowest BCUT2D eigenvalue weighted by Gasteiger charge is -2.18. The molecular weight excluding hydrogens is 224 g/mol. The van der Waals surface area contributed by atoms with Crippen molar-refractivity contribution in [1.82, 2.24) is 0 Å². The zero-order valence-electron chi connectivity index (χ0n) is 9.63. The topological polar surface area (TPSA) is 76.0 Å². The summed E-state index contributed by atoms with van der Waals surface area (Å²) in [5.74, 6) is 0.0638. The van der Waals surface area contributed by atoms with Crippen LogP contribution in [0.5, 0.6) is 11.5 Å². The van der Waals surface area contributed by atoms with Crippen LogP contribution in [0.15, 0.2) is 24.3 Å². The smallest absolute Gasteiger partial charge is 0.307 e. The molecule has 0 aliphatic carbocycles. The highest BCUT2D eigenvalue weighted by atomic mass is 16.5. The number of aliphatic carboxylic acids is 1. The lowest BCUT2D eigenvalue weighted by atomic mass is 10.2. The molecule has 0 saturated carbocycles. The molecule has 94 valence electrons. The van der Waals surface area contributed by atoms with Crippen LogP contribution >= 0.6 is 0 Å². The summed E-state index contributed by atoms with van der Waals surface area (Å²) in [4.78, 5) is 10.6. The summed E-state index contributed by atoms with van der Waals surface area (Å²) in [7, 11) is 1.51. The number of rotatable bonds is 7. The van der Waals surface area contributed by atoms with Crippen molar-refractivity contribution in [1.29, 1.82) is 0 Å². The number of para-hydroxylation sites is 2. The maximum atomic E-state index is 10.6. The molecule has 1 aromatic carbocycles. The lowest BCUT2D eigenvalue weighted by molar-refractivity contribution is -0.139. The molecule has 5 nitrogen and oxygen atoms in total. The predicted molar refractivity (Wildman–Crippen MR) is 61.4 cm³/mol. The summed E-state index contributed by atoms with van der Waals surface area (Å²) in [5, 5.41) is 17.6. The SMILES string of the molecule is COc1ccccc1OC(CCO)CC(=O)O. The van der Waals surface area contributed by atoms with Crippen molar-refractivity contribution in [2.45, 2.75) is 18.9 Å². The van der Waals surface area contributed by atoms with Crippen molar-refractivity contribution in [3.05, 3.63) is 24.3 Å². The fourth-order valence-electron chi connectivity index (χ4n) is 1.44. The minimum absolute atomic E-state index is 0.118. The second kappa shape index (κ2) is 6.75. The molecule has 2 N–H and O–H groups in total. The van der Waals surface area contributed by atoms with Crippen molar-refractivity contribution in [2.75, 3.05) is 13.7 Å². The molecule has 0 radical (unpaired) electrons. The third kappa shape index (κ3) is 4.32. The van der Waals surface area contributed by atoms with E-state index in [4.69, 9.17) is 19.7 Å². The largest absolute Gasteiger partial charge is 0.493 e. The van der Waals surface area contributed by atoms with Gasteiger partial charge in [0.15, 0.2) is 11.5 Å². The molecule has 0 aromatic heterocycles. The van der Waals surface area contributed by atoms with E-state index in [1.54, 1.807) is 24.3 Å². The molecule has 1 aromatic rings. The van der Waals surface area contributed by atoms with Crippen molar-refractivity contribution in [2.24, 2.45) is 0 Å². The normalized spacial score (nSPS) is 11.9. The molecule has 0 spiro atoms. The molecule has 5 heteroatoms. The van der Waals surface area contributed by atoms with Gasteiger partial charge in [-0.1, -0.05) is 12.1 Å². The molecule has 17 heavy (non-hydrogen) atoms. The highest BCUT2D eigenvalue weighted by molar-refractivity contribution is 5.67. The Morgan fingerprint density at radius 3 is 2.53 bits per heavy atom. The number of carboxylic acid groups (broad SMARTS) is 1. The first kappa shape index (κ1) is 13.3. The fraction of sp³-hybridized carbons (Fsp3) is 0.417. The van der Waals surface area contributed by atoms with Crippen LogP contribution in [0.4, 0.5) is 0 Å². The van der Waals surface area contributed by atoms with Crippen LogP contribution in [0.1, 0.15) is 12.8 Å². The standard InChI is InChI=1S/C12H16O5/c1-16-10-4-2-3-5-11(10)17-9(6-7-13)8-12(14)15/h2-5,9,13H,6-8H2,1H3,(H,14,15). The van der Waals surface area contributed by atoms with Crippen LogP contribution in [-0.2, 0) is 4.79 Å². The number of carboxylic acids is 1. The first-order chi connectivity index (χ1) is 8.17. The monoisotopic (exact) mass is 240 g/mol. The summed E-state index contributed by atoms with van der Waals surface area (Å²) in [6, 6.07) is 7.00. The first-order valence-electron chi connectivity index (χ1n) is 5.29. The zero-order valence-corrected chi connectivity index (χ0v) is 9.63. The van der Waals surface area contributed by atoms with Gasteiger partial charge in [0.05, 0.1) is 13.5 Å². The van der Waals surface area contributed by atoms with Crippen LogP contribution in [0.2, 0.25) is 0 Å². The first-order valence-corrected chi connectivity index (χ1v) is 5.29. The molecule has 0 aliphatic heterocycles. The van der Waals surface area contributed by atoms with Gasteiger partial charge < -0.3 is 19.7 Å². The number of methoxy groups -OCH3 is 1. The number of carbonyl (C=O) groups is 1. The number of benzene rings is 1. The van der Waals surface area contributed by atoms with E-state index in [9.17, 15) is 4.79 Å². The van der Waals surface area contributed by atoms with Gasteiger partial charge in [-0.25, -0.2) is 0 Å². The average molecular weight is 240 g/mol. The Kier molecular flexibility index (Phi) is 5.29. The Labute approximate surface area is 99.6 Å². The maximum absolute atomic E-state index is 10.6. The van der Waals surface area contributed by atoms with Gasteiger partial charge in [-0.05, 0) is 12.1 Å². The number of hydrogen-bond donors (Lipinski definition) is 2. The molecule has 0 heterocycles. The number of aliphatic hydroxyl groups excluding tert-OH is 1. The summed E-state index contributed by atoms with van der Waals surface area (Å²) < 4.78 is 10.6. The molecule has 0 fully saturated rings. The Hall–Kier alpha value is -1.75. The minimum Gasteiger partial charge on any atom is -0.493 e. The van der Waals surface area contributed by atoms with Crippen molar-refractivity contribution in [3.63, 3.8) is 0 Å². The second-order valence-electron chi connectivity index (χ2n) is 3.50. The predicted octanol–water partition coefficient (Wildman–Crippen LogP) is 1.30. The van der Waals surface area contributed by atoms with Crippen LogP contribution in [0, 0.1) is 0 Å². The zero-order chi connectivity index (χ0) is 12.7. The quantitative estimate of drug-likeness (QED) is 0.751. The van der Waals surface area contributed by atoms with E-state index in [2.05, 4.69) is 0 Å². The van der Waals surface area contributed by atoms with Gasteiger partial charge >= 0.3 is 5.97 Å². The van der Waals surface area contributed by atoms with E-state index in [-0.39, 0.29) is 19.4 Å².